The largest absolute Gasteiger partial charge is 0.573 e. The number of hydrogen-bond acceptors (Lipinski definition) is 7. The van der Waals surface area contributed by atoms with Gasteiger partial charge >= 0.3 is 6.36 Å². The first kappa shape index (κ1) is 30.2. The molecular formula is C32H28F3N5O4. The lowest BCUT2D eigenvalue weighted by atomic mass is 9.98. The fraction of sp³-hybridized carbons (Fsp3) is 0.219. The van der Waals surface area contributed by atoms with Gasteiger partial charge in [0.05, 0.1) is 41.5 Å². The Kier molecular flexibility index (Phi) is 8.61. The van der Waals surface area contributed by atoms with Crippen molar-refractivity contribution in [3.8, 4) is 17.2 Å². The van der Waals surface area contributed by atoms with Gasteiger partial charge in [0.2, 0.25) is 5.91 Å². The van der Waals surface area contributed by atoms with E-state index in [-0.39, 0.29) is 17.0 Å². The van der Waals surface area contributed by atoms with Crippen molar-refractivity contribution in [3.63, 3.8) is 0 Å². The summed E-state index contributed by atoms with van der Waals surface area (Å²) in [7, 11) is 0. The van der Waals surface area contributed by atoms with Crippen LogP contribution in [0.15, 0.2) is 96.2 Å². The number of pyridine rings is 2. The summed E-state index contributed by atoms with van der Waals surface area (Å²) in [5.41, 5.74) is 1.24. The molecule has 3 heterocycles. The number of aromatic nitrogens is 4. The van der Waals surface area contributed by atoms with E-state index in [2.05, 4.69) is 14.7 Å². The van der Waals surface area contributed by atoms with Crippen LogP contribution in [0.5, 0.6) is 11.5 Å². The summed E-state index contributed by atoms with van der Waals surface area (Å²) in [6.45, 7) is 5.73. The monoisotopic (exact) mass is 603 g/mol. The van der Waals surface area contributed by atoms with Crippen molar-refractivity contribution in [3.05, 3.63) is 113 Å². The Morgan fingerprint density at radius 2 is 1.64 bits per heavy atom. The van der Waals surface area contributed by atoms with E-state index in [0.717, 1.165) is 12.1 Å². The molecule has 3 aromatic heterocycles. The Balaban J connectivity index is 1.61. The van der Waals surface area contributed by atoms with E-state index < -0.39 is 30.0 Å². The van der Waals surface area contributed by atoms with Gasteiger partial charge in [-0.3, -0.25) is 24.0 Å². The number of carbonyl (C=O) groups is 1. The minimum Gasteiger partial charge on any atom is -0.494 e. The Labute approximate surface area is 250 Å². The lowest BCUT2D eigenvalue weighted by Crippen LogP contribution is -2.39. The third kappa shape index (κ3) is 6.38. The molecule has 1 unspecified atom stereocenters. The van der Waals surface area contributed by atoms with Crippen molar-refractivity contribution in [2.24, 2.45) is 0 Å². The molecule has 12 heteroatoms. The molecule has 0 aliphatic carbocycles. The third-order valence-corrected chi connectivity index (χ3v) is 6.98. The van der Waals surface area contributed by atoms with Gasteiger partial charge in [-0.2, -0.15) is 0 Å². The molecule has 2 aromatic carbocycles. The van der Waals surface area contributed by atoms with E-state index in [4.69, 9.17) is 9.72 Å². The van der Waals surface area contributed by atoms with E-state index in [9.17, 15) is 22.8 Å². The van der Waals surface area contributed by atoms with E-state index in [1.807, 2.05) is 6.92 Å². The van der Waals surface area contributed by atoms with Crippen molar-refractivity contribution in [1.29, 1.82) is 0 Å². The molecule has 0 spiro atoms. The Morgan fingerprint density at radius 1 is 0.955 bits per heavy atom. The Hall–Kier alpha value is -5.26. The molecule has 226 valence electrons. The summed E-state index contributed by atoms with van der Waals surface area (Å²) in [5, 5.41) is 0.297. The highest BCUT2D eigenvalue weighted by Gasteiger charge is 2.33. The van der Waals surface area contributed by atoms with Gasteiger partial charge in [-0.1, -0.05) is 12.1 Å². The molecule has 44 heavy (non-hydrogen) atoms. The molecule has 0 N–H and O–H groups in total. The van der Waals surface area contributed by atoms with Crippen LogP contribution >= 0.6 is 0 Å². The molecule has 5 aromatic rings. The molecule has 0 saturated carbocycles. The standard InChI is InChI=1S/C32H28F3N5O4/c1-4-43-25-15-11-23(12-16-25)40-29(38-28-27(31(40)42)8-6-18-37-28)21(3)39(24-7-5-17-36-19-24)30(41)20(2)22-9-13-26(14-10-22)44-32(33,34)35/h5-21H,4H2,1-3H3/t20-,21?/m1/s1. The number of hydrogen-bond donors (Lipinski definition) is 0. The average molecular weight is 604 g/mol. The summed E-state index contributed by atoms with van der Waals surface area (Å²) < 4.78 is 49.0. The third-order valence-electron chi connectivity index (χ3n) is 6.98. The van der Waals surface area contributed by atoms with Crippen LogP contribution in [0.3, 0.4) is 0 Å². The normalized spacial score (nSPS) is 12.9. The SMILES string of the molecule is CCOc1ccc(-n2c(C(C)N(C(=O)[C@H](C)c3ccc(OC(F)(F)F)cc3)c3cccnc3)nc3ncccc3c2=O)cc1. The zero-order chi connectivity index (χ0) is 31.4. The van der Waals surface area contributed by atoms with Crippen LogP contribution in [-0.4, -0.2) is 38.4 Å². The second-order valence-corrected chi connectivity index (χ2v) is 9.85. The van der Waals surface area contributed by atoms with Gasteiger partial charge in [0.15, 0.2) is 5.65 Å². The first-order valence-corrected chi connectivity index (χ1v) is 13.8. The van der Waals surface area contributed by atoms with E-state index in [1.54, 1.807) is 68.6 Å². The van der Waals surface area contributed by atoms with E-state index in [1.165, 1.54) is 34.0 Å². The van der Waals surface area contributed by atoms with Gasteiger partial charge in [0, 0.05) is 12.4 Å². The molecule has 1 amide bonds. The first-order valence-electron chi connectivity index (χ1n) is 13.8. The number of rotatable bonds is 9. The first-order chi connectivity index (χ1) is 21.1. The average Bonchev–Trinajstić information content (AvgIpc) is 3.01. The van der Waals surface area contributed by atoms with Crippen LogP contribution in [0.4, 0.5) is 18.9 Å². The number of amides is 1. The van der Waals surface area contributed by atoms with Gasteiger partial charge in [0.1, 0.15) is 17.3 Å². The Bertz CT molecular complexity index is 1810. The van der Waals surface area contributed by atoms with Crippen molar-refractivity contribution in [2.75, 3.05) is 11.5 Å². The second-order valence-electron chi connectivity index (χ2n) is 9.85. The number of ether oxygens (including phenoxy) is 2. The van der Waals surface area contributed by atoms with Gasteiger partial charge < -0.3 is 9.47 Å². The molecule has 0 radical (unpaired) electrons. The Morgan fingerprint density at radius 3 is 2.27 bits per heavy atom. The number of carbonyl (C=O) groups excluding carboxylic acids is 1. The van der Waals surface area contributed by atoms with Crippen molar-refractivity contribution < 1.29 is 27.4 Å². The highest BCUT2D eigenvalue weighted by Crippen LogP contribution is 2.32. The molecule has 0 saturated heterocycles. The minimum atomic E-state index is -4.84. The molecule has 9 nitrogen and oxygen atoms in total. The number of anilines is 1. The molecular weight excluding hydrogens is 575 g/mol. The van der Waals surface area contributed by atoms with Gasteiger partial charge in [-0.25, -0.2) is 9.97 Å². The lowest BCUT2D eigenvalue weighted by molar-refractivity contribution is -0.274. The van der Waals surface area contributed by atoms with Gasteiger partial charge in [-0.15, -0.1) is 13.2 Å². The second kappa shape index (κ2) is 12.5. The summed E-state index contributed by atoms with van der Waals surface area (Å²) in [4.78, 5) is 42.9. The predicted octanol–water partition coefficient (Wildman–Crippen LogP) is 6.37. The number of benzene rings is 2. The van der Waals surface area contributed by atoms with E-state index in [0.29, 0.717) is 34.7 Å². The fourth-order valence-electron chi connectivity index (χ4n) is 4.89. The van der Waals surface area contributed by atoms with Crippen LogP contribution in [0.1, 0.15) is 44.1 Å². The maximum Gasteiger partial charge on any atom is 0.573 e. The molecule has 5 rings (SSSR count). The van der Waals surface area contributed by atoms with Crippen molar-refractivity contribution in [2.45, 2.75) is 39.1 Å². The summed E-state index contributed by atoms with van der Waals surface area (Å²) >= 11 is 0. The van der Waals surface area contributed by atoms with Gasteiger partial charge in [0.25, 0.3) is 5.56 Å². The minimum absolute atomic E-state index is 0.216. The number of alkyl halides is 3. The smallest absolute Gasteiger partial charge is 0.494 e. The molecule has 0 bridgehead atoms. The topological polar surface area (TPSA) is 99.4 Å². The van der Waals surface area contributed by atoms with Crippen LogP contribution in [0.2, 0.25) is 0 Å². The van der Waals surface area contributed by atoms with Crippen molar-refractivity contribution >= 4 is 22.6 Å². The van der Waals surface area contributed by atoms with Crippen LogP contribution in [0.25, 0.3) is 16.7 Å². The molecule has 2 atom stereocenters. The quantitative estimate of drug-likeness (QED) is 0.193. The maximum absolute atomic E-state index is 14.2. The lowest BCUT2D eigenvalue weighted by Gasteiger charge is -2.32. The van der Waals surface area contributed by atoms with Crippen molar-refractivity contribution in [1.82, 2.24) is 19.5 Å². The number of nitrogens with zero attached hydrogens (tertiary/aromatic N) is 5. The van der Waals surface area contributed by atoms with Crippen LogP contribution < -0.4 is 19.9 Å². The van der Waals surface area contributed by atoms with E-state index >= 15 is 0 Å². The highest BCUT2D eigenvalue weighted by atomic mass is 19.4. The van der Waals surface area contributed by atoms with Crippen LogP contribution in [0, 0.1) is 0 Å². The highest BCUT2D eigenvalue weighted by molar-refractivity contribution is 5.98. The summed E-state index contributed by atoms with van der Waals surface area (Å²) in [5.74, 6) is -0.735. The van der Waals surface area contributed by atoms with Gasteiger partial charge in [-0.05, 0) is 87.0 Å². The molecule has 0 aliphatic heterocycles. The maximum atomic E-state index is 14.2. The zero-order valence-corrected chi connectivity index (χ0v) is 24.0. The zero-order valence-electron chi connectivity index (χ0n) is 24.0. The fourth-order valence-corrected chi connectivity index (χ4v) is 4.89. The van der Waals surface area contributed by atoms with Crippen LogP contribution in [-0.2, 0) is 4.79 Å². The molecule has 0 aliphatic rings. The number of fused-ring (bicyclic) bond motifs is 1. The predicted molar refractivity (Wildman–Crippen MR) is 158 cm³/mol. The summed E-state index contributed by atoms with van der Waals surface area (Å²) in [6, 6.07) is 17.9. The number of halogens is 3. The summed E-state index contributed by atoms with van der Waals surface area (Å²) in [6.07, 6.45) is -0.229. The molecule has 0 fully saturated rings.